The van der Waals surface area contributed by atoms with E-state index in [2.05, 4.69) is 116 Å². The molecule has 4 aromatic carbocycles. The molecule has 0 amide bonds. The first-order valence-corrected chi connectivity index (χ1v) is 16.7. The van der Waals surface area contributed by atoms with E-state index in [9.17, 15) is 5.11 Å². The highest BCUT2D eigenvalue weighted by molar-refractivity contribution is 6.65. The monoisotopic (exact) mass is 613 g/mol. The summed E-state index contributed by atoms with van der Waals surface area (Å²) in [7, 11) is 1.36. The third-order valence-electron chi connectivity index (χ3n) is 12.0. The maximum Gasteiger partial charge on any atom is 0.495 e. The van der Waals surface area contributed by atoms with Gasteiger partial charge in [-0.3, -0.25) is 0 Å². The molecule has 1 radical (unpaired) electrons. The number of rotatable bonds is 5. The Hall–Kier alpha value is -2.89. The summed E-state index contributed by atoms with van der Waals surface area (Å²) in [5.41, 5.74) is 9.71. The lowest BCUT2D eigenvalue weighted by Gasteiger charge is -2.37. The van der Waals surface area contributed by atoms with E-state index in [1.807, 2.05) is 13.8 Å². The maximum absolute atomic E-state index is 10.6. The fourth-order valence-corrected chi connectivity index (χ4v) is 7.45. The molecule has 0 spiro atoms. The van der Waals surface area contributed by atoms with Gasteiger partial charge in [-0.1, -0.05) is 81.7 Å². The van der Waals surface area contributed by atoms with Crippen LogP contribution in [0.1, 0.15) is 105 Å². The second-order valence-electron chi connectivity index (χ2n) is 16.8. The van der Waals surface area contributed by atoms with Crippen LogP contribution in [0.2, 0.25) is 0 Å². The molecular formula is C40H47B2O4. The molecule has 0 unspecified atom stereocenters. The van der Waals surface area contributed by atoms with Crippen molar-refractivity contribution in [2.75, 3.05) is 0 Å². The molecule has 237 valence electrons. The van der Waals surface area contributed by atoms with Crippen molar-refractivity contribution in [1.82, 2.24) is 0 Å². The highest BCUT2D eigenvalue weighted by Crippen LogP contribution is 2.57. The smallest absolute Gasteiger partial charge is 0.427 e. The molecule has 1 saturated heterocycles. The third-order valence-corrected chi connectivity index (χ3v) is 12.0. The minimum atomic E-state index is -0.978. The zero-order valence-electron chi connectivity index (χ0n) is 29.6. The van der Waals surface area contributed by atoms with Gasteiger partial charge in [0.05, 0.1) is 22.4 Å². The van der Waals surface area contributed by atoms with E-state index in [1.54, 1.807) is 21.3 Å². The number of hydrogen-bond donors (Lipinski definition) is 1. The molecule has 46 heavy (non-hydrogen) atoms. The Morgan fingerprint density at radius 3 is 1.83 bits per heavy atom. The fraction of sp³-hybridized carbons (Fsp3) is 0.450. The van der Waals surface area contributed by atoms with Crippen molar-refractivity contribution in [1.29, 1.82) is 0 Å². The minimum absolute atomic E-state index is 0.194. The van der Waals surface area contributed by atoms with Gasteiger partial charge in [0, 0.05) is 10.8 Å². The normalized spacial score (nSPS) is 20.0. The summed E-state index contributed by atoms with van der Waals surface area (Å²) in [6.07, 6.45) is 0. The first-order chi connectivity index (χ1) is 21.2. The van der Waals surface area contributed by atoms with E-state index < -0.39 is 29.5 Å². The summed E-state index contributed by atoms with van der Waals surface area (Å²) in [4.78, 5) is 0. The van der Waals surface area contributed by atoms with Crippen LogP contribution in [0.25, 0.3) is 33.0 Å². The van der Waals surface area contributed by atoms with Gasteiger partial charge in [-0.25, -0.2) is 0 Å². The zero-order chi connectivity index (χ0) is 33.4. The first kappa shape index (κ1) is 31.7. The highest BCUT2D eigenvalue weighted by Gasteiger charge is 2.53. The Kier molecular flexibility index (Phi) is 6.61. The zero-order valence-corrected chi connectivity index (χ0v) is 29.6. The lowest BCUT2D eigenvalue weighted by Crippen LogP contribution is -2.49. The lowest BCUT2D eigenvalue weighted by molar-refractivity contribution is -0.0893. The van der Waals surface area contributed by atoms with Crippen molar-refractivity contribution in [2.45, 2.75) is 116 Å². The Balaban J connectivity index is 1.34. The summed E-state index contributed by atoms with van der Waals surface area (Å²) in [5, 5.41) is 13.0. The third kappa shape index (κ3) is 4.36. The largest absolute Gasteiger partial charge is 0.495 e. The number of aliphatic hydroxyl groups is 1. The predicted molar refractivity (Wildman–Crippen MR) is 192 cm³/mol. The van der Waals surface area contributed by atoms with E-state index in [0.717, 1.165) is 10.9 Å². The van der Waals surface area contributed by atoms with Crippen LogP contribution in [0.4, 0.5) is 0 Å². The molecule has 3 aliphatic rings. The molecule has 4 aromatic rings. The van der Waals surface area contributed by atoms with Crippen LogP contribution >= 0.6 is 0 Å². The number of benzene rings is 4. The summed E-state index contributed by atoms with van der Waals surface area (Å²) in [6, 6.07) is 22.7. The Bertz CT molecular complexity index is 1910. The Morgan fingerprint density at radius 1 is 0.652 bits per heavy atom. The molecule has 0 saturated carbocycles. The van der Waals surface area contributed by atoms with Gasteiger partial charge in [0.1, 0.15) is 0 Å². The van der Waals surface area contributed by atoms with E-state index >= 15 is 0 Å². The van der Waals surface area contributed by atoms with E-state index in [1.165, 1.54) is 55.3 Å². The van der Waals surface area contributed by atoms with Crippen molar-refractivity contribution in [3.8, 4) is 22.3 Å². The van der Waals surface area contributed by atoms with Crippen molar-refractivity contribution in [3.05, 3.63) is 82.9 Å². The second kappa shape index (κ2) is 9.60. The standard InChI is InChI=1S/C40H47B2O4/c1-35(2)29-19-23(41-44-38(7,8)37(5,6)43)17-18-24(29)27-20-31-28(21-30(27)35)34-26-16-14-13-15-25(26)33(22-32(34)36(31,3)4)42-45-39(9,10)40(11,12)46-42/h13-22,43H,1-12H3. The van der Waals surface area contributed by atoms with Crippen LogP contribution in [-0.4, -0.2) is 42.1 Å². The van der Waals surface area contributed by atoms with Gasteiger partial charge < -0.3 is 19.1 Å². The maximum atomic E-state index is 10.6. The van der Waals surface area contributed by atoms with Gasteiger partial charge in [0.25, 0.3) is 0 Å². The molecule has 7 rings (SSSR count). The van der Waals surface area contributed by atoms with Crippen molar-refractivity contribution in [3.63, 3.8) is 0 Å². The first-order valence-electron chi connectivity index (χ1n) is 16.7. The second-order valence-corrected chi connectivity index (χ2v) is 16.8. The van der Waals surface area contributed by atoms with Gasteiger partial charge in [-0.2, -0.15) is 0 Å². The molecule has 4 nitrogen and oxygen atoms in total. The van der Waals surface area contributed by atoms with Crippen LogP contribution in [0, 0.1) is 0 Å². The SMILES string of the molecule is CC1(C)c2cc([B]OC(C)(C)C(C)(C)O)ccc2-c2cc3c(cc21)-c1c(cc(B2OC(C)(C)C(C)(C)O2)c2ccccc12)C3(C)C. The van der Waals surface area contributed by atoms with Gasteiger partial charge in [0.15, 0.2) is 0 Å². The number of hydrogen-bond acceptors (Lipinski definition) is 4. The van der Waals surface area contributed by atoms with Gasteiger partial charge in [0.2, 0.25) is 0 Å². The van der Waals surface area contributed by atoms with E-state index in [0.29, 0.717) is 0 Å². The van der Waals surface area contributed by atoms with E-state index in [4.69, 9.17) is 14.0 Å². The highest BCUT2D eigenvalue weighted by atomic mass is 16.7. The van der Waals surface area contributed by atoms with Crippen LogP contribution in [0.3, 0.4) is 0 Å². The van der Waals surface area contributed by atoms with Gasteiger partial charge >= 0.3 is 14.6 Å². The van der Waals surface area contributed by atoms with Crippen LogP contribution in [0.5, 0.6) is 0 Å². The van der Waals surface area contributed by atoms with Crippen LogP contribution < -0.4 is 10.9 Å². The summed E-state index contributed by atoms with van der Waals surface area (Å²) in [5.74, 6) is 0. The van der Waals surface area contributed by atoms with Crippen molar-refractivity contribution >= 4 is 36.3 Å². The predicted octanol–water partition coefficient (Wildman–Crippen LogP) is 7.56. The molecule has 0 bridgehead atoms. The number of fused-ring (bicyclic) bond motifs is 8. The van der Waals surface area contributed by atoms with E-state index in [-0.39, 0.29) is 10.8 Å². The minimum Gasteiger partial charge on any atom is -0.427 e. The quantitative estimate of drug-likeness (QED) is 0.236. The Morgan fingerprint density at radius 2 is 1.20 bits per heavy atom. The van der Waals surface area contributed by atoms with Crippen molar-refractivity contribution < 1.29 is 19.1 Å². The molecule has 6 heteroatoms. The molecule has 0 aromatic heterocycles. The lowest BCUT2D eigenvalue weighted by atomic mass is 9.72. The molecule has 1 fully saturated rings. The molecule has 1 aliphatic heterocycles. The average molecular weight is 613 g/mol. The summed E-state index contributed by atoms with van der Waals surface area (Å²) < 4.78 is 19.4. The molecule has 1 N–H and O–H groups in total. The summed E-state index contributed by atoms with van der Waals surface area (Å²) in [6.45, 7) is 25.2. The topological polar surface area (TPSA) is 47.9 Å². The van der Waals surface area contributed by atoms with Crippen LogP contribution in [-0.2, 0) is 24.8 Å². The molecule has 1 heterocycles. The van der Waals surface area contributed by atoms with Crippen molar-refractivity contribution in [2.24, 2.45) is 0 Å². The molecule has 0 atom stereocenters. The molecular weight excluding hydrogens is 566 g/mol. The molecule has 2 aliphatic carbocycles. The Labute approximate surface area is 276 Å². The summed E-state index contributed by atoms with van der Waals surface area (Å²) >= 11 is 0. The van der Waals surface area contributed by atoms with Gasteiger partial charge in [-0.05, 0) is 128 Å². The van der Waals surface area contributed by atoms with Gasteiger partial charge in [-0.15, -0.1) is 0 Å². The fourth-order valence-electron chi connectivity index (χ4n) is 7.45. The van der Waals surface area contributed by atoms with Crippen LogP contribution in [0.15, 0.2) is 60.7 Å². The average Bonchev–Trinajstić information content (AvgIpc) is 3.43.